The molecule has 32 heavy (non-hydrogen) atoms. The Balaban J connectivity index is 1.39. The Morgan fingerprint density at radius 1 is 1.12 bits per heavy atom. The lowest BCUT2D eigenvalue weighted by molar-refractivity contribution is -0.113. The normalized spacial score (nSPS) is 14.8. The molecule has 10 heteroatoms. The van der Waals surface area contributed by atoms with Crippen molar-refractivity contribution < 1.29 is 17.9 Å². The third kappa shape index (κ3) is 4.98. The van der Waals surface area contributed by atoms with Crippen molar-refractivity contribution in [2.45, 2.75) is 29.4 Å². The van der Waals surface area contributed by atoms with Crippen molar-refractivity contribution in [1.82, 2.24) is 13.9 Å². The van der Waals surface area contributed by atoms with Crippen LogP contribution in [0.4, 0.5) is 5.69 Å². The Morgan fingerprint density at radius 3 is 2.56 bits per heavy atom. The fraction of sp³-hybridized carbons (Fsp3) is 0.364. The maximum Gasteiger partial charge on any atom is 0.243 e. The summed E-state index contributed by atoms with van der Waals surface area (Å²) in [6, 6.07) is 14.2. The van der Waals surface area contributed by atoms with Gasteiger partial charge in [0.05, 0.1) is 28.3 Å². The van der Waals surface area contributed by atoms with Gasteiger partial charge in [0.2, 0.25) is 15.9 Å². The highest BCUT2D eigenvalue weighted by Gasteiger charge is 2.27. The van der Waals surface area contributed by atoms with Crippen LogP contribution in [0.3, 0.4) is 0 Å². The zero-order chi connectivity index (χ0) is 22.6. The number of benzene rings is 2. The summed E-state index contributed by atoms with van der Waals surface area (Å²) in [5, 5.41) is 3.58. The SMILES string of the molecule is COCCn1c(SCC(=O)Nc2ccc(S(=O)(=O)N3CCCC3)cc2)nc2ccccc21. The molecule has 0 bridgehead atoms. The fourth-order valence-corrected chi connectivity index (χ4v) is 6.04. The number of hydrogen-bond acceptors (Lipinski definition) is 6. The van der Waals surface area contributed by atoms with Crippen molar-refractivity contribution >= 4 is 44.4 Å². The lowest BCUT2D eigenvalue weighted by Gasteiger charge is -2.15. The van der Waals surface area contributed by atoms with Crippen molar-refractivity contribution in [3.63, 3.8) is 0 Å². The molecule has 1 aromatic heterocycles. The quantitative estimate of drug-likeness (QED) is 0.479. The van der Waals surface area contributed by atoms with Gasteiger partial charge in [0.15, 0.2) is 5.16 Å². The molecule has 0 unspecified atom stereocenters. The second-order valence-corrected chi connectivity index (χ2v) is 10.4. The number of carbonyl (C=O) groups excluding carboxylic acids is 1. The molecular formula is C22H26N4O4S2. The van der Waals surface area contributed by atoms with Crippen LogP contribution in [0.2, 0.25) is 0 Å². The molecule has 3 aromatic rings. The van der Waals surface area contributed by atoms with Gasteiger partial charge >= 0.3 is 0 Å². The van der Waals surface area contributed by atoms with E-state index in [-0.39, 0.29) is 16.6 Å². The Hall–Kier alpha value is -2.40. The molecule has 0 aliphatic carbocycles. The van der Waals surface area contributed by atoms with Crippen molar-refractivity contribution in [2.24, 2.45) is 0 Å². The summed E-state index contributed by atoms with van der Waals surface area (Å²) in [6.45, 7) is 2.32. The molecule has 1 N–H and O–H groups in total. The fourth-order valence-electron chi connectivity index (χ4n) is 3.68. The molecular weight excluding hydrogens is 448 g/mol. The predicted octanol–water partition coefficient (Wildman–Crippen LogP) is 3.20. The number of fused-ring (bicyclic) bond motifs is 1. The van der Waals surface area contributed by atoms with E-state index < -0.39 is 10.0 Å². The summed E-state index contributed by atoms with van der Waals surface area (Å²) in [5.41, 5.74) is 2.44. The average molecular weight is 475 g/mol. The lowest BCUT2D eigenvalue weighted by Crippen LogP contribution is -2.27. The van der Waals surface area contributed by atoms with Gasteiger partial charge in [0.1, 0.15) is 0 Å². The van der Waals surface area contributed by atoms with Gasteiger partial charge in [-0.25, -0.2) is 13.4 Å². The highest BCUT2D eigenvalue weighted by atomic mass is 32.2. The molecule has 1 fully saturated rings. The number of carbonyl (C=O) groups is 1. The number of thioether (sulfide) groups is 1. The maximum absolute atomic E-state index is 12.6. The zero-order valence-electron chi connectivity index (χ0n) is 17.9. The molecule has 0 saturated carbocycles. The summed E-state index contributed by atoms with van der Waals surface area (Å²) >= 11 is 1.36. The Bertz CT molecular complexity index is 1190. The third-order valence-corrected chi connectivity index (χ3v) is 8.20. The van der Waals surface area contributed by atoms with E-state index in [0.29, 0.717) is 31.9 Å². The number of nitrogens with zero attached hydrogens (tertiary/aromatic N) is 3. The van der Waals surface area contributed by atoms with Crippen LogP contribution in [-0.2, 0) is 26.1 Å². The monoisotopic (exact) mass is 474 g/mol. The number of methoxy groups -OCH3 is 1. The first-order chi connectivity index (χ1) is 15.5. The Labute approximate surface area is 192 Å². The summed E-state index contributed by atoms with van der Waals surface area (Å²) in [4.78, 5) is 17.4. The Morgan fingerprint density at radius 2 is 1.84 bits per heavy atom. The molecule has 1 saturated heterocycles. The minimum atomic E-state index is -3.46. The second kappa shape index (κ2) is 10.0. The van der Waals surface area contributed by atoms with Gasteiger partial charge in [0.25, 0.3) is 0 Å². The smallest absolute Gasteiger partial charge is 0.243 e. The minimum absolute atomic E-state index is 0.185. The van der Waals surface area contributed by atoms with Crippen molar-refractivity contribution in [3.05, 3.63) is 48.5 Å². The first-order valence-electron chi connectivity index (χ1n) is 10.5. The highest BCUT2D eigenvalue weighted by molar-refractivity contribution is 7.99. The van der Waals surface area contributed by atoms with Crippen LogP contribution < -0.4 is 5.32 Å². The van der Waals surface area contributed by atoms with Gasteiger partial charge in [-0.1, -0.05) is 23.9 Å². The number of sulfonamides is 1. The van der Waals surface area contributed by atoms with Crippen LogP contribution >= 0.6 is 11.8 Å². The van der Waals surface area contributed by atoms with Crippen LogP contribution in [-0.4, -0.2) is 60.7 Å². The summed E-state index contributed by atoms with van der Waals surface area (Å²) < 4.78 is 34.0. The molecule has 0 radical (unpaired) electrons. The van der Waals surface area contributed by atoms with Crippen molar-refractivity contribution in [2.75, 3.05) is 37.9 Å². The number of nitrogens with one attached hydrogen (secondary N) is 1. The number of imidazole rings is 1. The van der Waals surface area contributed by atoms with Crippen LogP contribution in [0.5, 0.6) is 0 Å². The first-order valence-corrected chi connectivity index (χ1v) is 12.9. The van der Waals surface area contributed by atoms with E-state index in [1.54, 1.807) is 31.4 Å². The van der Waals surface area contributed by atoms with Crippen molar-refractivity contribution in [1.29, 1.82) is 0 Å². The van der Waals surface area contributed by atoms with Gasteiger partial charge in [-0.2, -0.15) is 4.31 Å². The first kappa shape index (κ1) is 22.8. The number of anilines is 1. The van der Waals surface area contributed by atoms with Gasteiger partial charge in [-0.3, -0.25) is 4.79 Å². The summed E-state index contributed by atoms with van der Waals surface area (Å²) in [7, 11) is -1.81. The van der Waals surface area contributed by atoms with Crippen molar-refractivity contribution in [3.8, 4) is 0 Å². The summed E-state index contributed by atoms with van der Waals surface area (Å²) in [6.07, 6.45) is 1.79. The summed E-state index contributed by atoms with van der Waals surface area (Å²) in [5.74, 6) is -0.0000697. The molecule has 8 nitrogen and oxygen atoms in total. The van der Waals surface area contributed by atoms with Crippen LogP contribution in [0, 0.1) is 0 Å². The number of ether oxygens (including phenoxy) is 1. The molecule has 1 aliphatic rings. The average Bonchev–Trinajstić information content (AvgIpc) is 3.45. The van der Waals surface area contributed by atoms with Gasteiger partial charge in [0, 0.05) is 32.4 Å². The van der Waals surface area contributed by atoms with E-state index in [2.05, 4.69) is 14.9 Å². The molecule has 1 amide bonds. The molecule has 2 heterocycles. The van der Waals surface area contributed by atoms with E-state index in [0.717, 1.165) is 29.0 Å². The molecule has 0 atom stereocenters. The molecule has 0 spiro atoms. The number of aromatic nitrogens is 2. The molecule has 1 aliphatic heterocycles. The molecule has 2 aromatic carbocycles. The number of amides is 1. The van der Waals surface area contributed by atoms with E-state index >= 15 is 0 Å². The minimum Gasteiger partial charge on any atom is -0.383 e. The van der Waals surface area contributed by atoms with E-state index in [9.17, 15) is 13.2 Å². The number of hydrogen-bond donors (Lipinski definition) is 1. The second-order valence-electron chi connectivity index (χ2n) is 7.50. The largest absolute Gasteiger partial charge is 0.383 e. The Kier molecular flexibility index (Phi) is 7.14. The highest BCUT2D eigenvalue weighted by Crippen LogP contribution is 2.25. The standard InChI is InChI=1S/C22H26N4O4S2/c1-30-15-14-26-20-7-3-2-6-19(20)24-22(26)31-16-21(27)23-17-8-10-18(11-9-17)32(28,29)25-12-4-5-13-25/h2-3,6-11H,4-5,12-16H2,1H3,(H,23,27). The topological polar surface area (TPSA) is 93.5 Å². The number of para-hydroxylation sites is 2. The zero-order valence-corrected chi connectivity index (χ0v) is 19.5. The van der Waals surface area contributed by atoms with Gasteiger partial charge in [-0.15, -0.1) is 0 Å². The van der Waals surface area contributed by atoms with Crippen LogP contribution in [0.25, 0.3) is 11.0 Å². The van der Waals surface area contributed by atoms with Crippen LogP contribution in [0.1, 0.15) is 12.8 Å². The van der Waals surface area contributed by atoms with E-state index in [4.69, 9.17) is 4.74 Å². The predicted molar refractivity (Wildman–Crippen MR) is 125 cm³/mol. The van der Waals surface area contributed by atoms with Gasteiger partial charge in [-0.05, 0) is 49.2 Å². The van der Waals surface area contributed by atoms with E-state index in [1.807, 2.05) is 24.3 Å². The molecule has 4 rings (SSSR count). The lowest BCUT2D eigenvalue weighted by atomic mass is 10.3. The molecule has 170 valence electrons. The maximum atomic E-state index is 12.6. The van der Waals surface area contributed by atoms with Crippen LogP contribution in [0.15, 0.2) is 58.6 Å². The van der Waals surface area contributed by atoms with E-state index in [1.165, 1.54) is 16.1 Å². The third-order valence-electron chi connectivity index (χ3n) is 5.31. The van der Waals surface area contributed by atoms with Gasteiger partial charge < -0.3 is 14.6 Å². The number of rotatable bonds is 9.